The SMILES string of the molecule is O=C(CNCc1ccc(NC(=O)c2cc(N(CC3CC3)C3CCCCC3)ncn2)cc1)OC(=O)C(F)(F)F. The van der Waals surface area contributed by atoms with Gasteiger partial charge in [0.15, 0.2) is 0 Å². The summed E-state index contributed by atoms with van der Waals surface area (Å²) >= 11 is 0. The molecule has 2 aromatic rings. The summed E-state index contributed by atoms with van der Waals surface area (Å²) < 4.78 is 40.1. The van der Waals surface area contributed by atoms with Gasteiger partial charge in [-0.25, -0.2) is 14.8 Å². The molecule has 12 heteroatoms. The third-order valence-electron chi connectivity index (χ3n) is 6.60. The molecule has 0 unspecified atom stereocenters. The van der Waals surface area contributed by atoms with Gasteiger partial charge in [-0.1, -0.05) is 31.4 Å². The minimum Gasteiger partial charge on any atom is -0.385 e. The van der Waals surface area contributed by atoms with E-state index in [9.17, 15) is 27.6 Å². The van der Waals surface area contributed by atoms with Crippen LogP contribution in [-0.2, 0) is 20.9 Å². The maximum atomic E-state index is 12.9. The standard InChI is InChI=1S/C26H30F3N5O4/c27-26(28,29)25(37)38-23(35)14-30-13-17-8-10-19(11-9-17)33-24(36)21-12-22(32-16-31-21)34(15-18-6-7-18)20-4-2-1-3-5-20/h8-12,16,18,20,30H,1-7,13-15H2,(H,33,36). The number of nitrogens with one attached hydrogen (secondary N) is 2. The van der Waals surface area contributed by atoms with Crippen LogP contribution in [0.1, 0.15) is 61.0 Å². The Balaban J connectivity index is 1.30. The van der Waals surface area contributed by atoms with Gasteiger partial charge in [-0.05, 0) is 49.3 Å². The van der Waals surface area contributed by atoms with E-state index in [-0.39, 0.29) is 18.1 Å². The second-order valence-electron chi connectivity index (χ2n) is 9.66. The van der Waals surface area contributed by atoms with E-state index in [1.165, 1.54) is 38.4 Å². The minimum atomic E-state index is -5.23. The lowest BCUT2D eigenvalue weighted by Crippen LogP contribution is -2.39. The average molecular weight is 534 g/mol. The molecule has 204 valence electrons. The van der Waals surface area contributed by atoms with Crippen LogP contribution in [0, 0.1) is 5.92 Å². The lowest BCUT2D eigenvalue weighted by atomic mass is 9.94. The molecule has 0 aliphatic heterocycles. The van der Waals surface area contributed by atoms with Gasteiger partial charge in [-0.2, -0.15) is 13.2 Å². The van der Waals surface area contributed by atoms with Gasteiger partial charge in [0.25, 0.3) is 5.91 Å². The Kier molecular flexibility index (Phi) is 8.93. The highest BCUT2D eigenvalue weighted by molar-refractivity contribution is 6.03. The predicted octanol–water partition coefficient (Wildman–Crippen LogP) is 4.00. The Hall–Kier alpha value is -3.54. The van der Waals surface area contributed by atoms with Crippen molar-refractivity contribution in [2.75, 3.05) is 23.3 Å². The number of carbonyl (C=O) groups is 3. The second-order valence-corrected chi connectivity index (χ2v) is 9.66. The van der Waals surface area contributed by atoms with Crippen LogP contribution in [0.2, 0.25) is 0 Å². The highest BCUT2D eigenvalue weighted by atomic mass is 19.4. The molecule has 1 aromatic heterocycles. The third kappa shape index (κ3) is 7.98. The van der Waals surface area contributed by atoms with Crippen LogP contribution in [0.5, 0.6) is 0 Å². The number of ether oxygens (including phenoxy) is 1. The molecule has 2 fully saturated rings. The molecule has 0 spiro atoms. The molecule has 9 nitrogen and oxygen atoms in total. The van der Waals surface area contributed by atoms with E-state index in [1.54, 1.807) is 30.3 Å². The Morgan fingerprint density at radius 3 is 2.37 bits per heavy atom. The molecule has 1 amide bonds. The van der Waals surface area contributed by atoms with E-state index in [2.05, 4.69) is 30.2 Å². The first-order valence-electron chi connectivity index (χ1n) is 12.7. The zero-order valence-electron chi connectivity index (χ0n) is 20.8. The molecule has 0 saturated heterocycles. The van der Waals surface area contributed by atoms with Gasteiger partial charge >= 0.3 is 18.1 Å². The topological polar surface area (TPSA) is 114 Å². The number of amides is 1. The maximum absolute atomic E-state index is 12.9. The molecule has 2 aliphatic rings. The lowest BCUT2D eigenvalue weighted by Gasteiger charge is -2.35. The smallest absolute Gasteiger partial charge is 0.385 e. The van der Waals surface area contributed by atoms with E-state index in [0.717, 1.165) is 25.2 Å². The maximum Gasteiger partial charge on any atom is 0.491 e. The molecule has 2 aliphatic carbocycles. The van der Waals surface area contributed by atoms with Crippen molar-refractivity contribution in [2.45, 2.75) is 63.7 Å². The molecule has 0 atom stereocenters. The van der Waals surface area contributed by atoms with E-state index in [0.29, 0.717) is 23.2 Å². The van der Waals surface area contributed by atoms with Gasteiger partial charge < -0.3 is 20.3 Å². The average Bonchev–Trinajstić information content (AvgIpc) is 3.73. The Labute approximate surface area is 218 Å². The van der Waals surface area contributed by atoms with Crippen molar-refractivity contribution in [2.24, 2.45) is 5.92 Å². The van der Waals surface area contributed by atoms with Crippen LogP contribution < -0.4 is 15.5 Å². The summed E-state index contributed by atoms with van der Waals surface area (Å²) in [6, 6.07) is 8.85. The largest absolute Gasteiger partial charge is 0.491 e. The molecular weight excluding hydrogens is 503 g/mol. The molecular formula is C26H30F3N5O4. The van der Waals surface area contributed by atoms with E-state index < -0.39 is 24.7 Å². The number of rotatable bonds is 10. The third-order valence-corrected chi connectivity index (χ3v) is 6.60. The fourth-order valence-corrected chi connectivity index (χ4v) is 4.44. The summed E-state index contributed by atoms with van der Waals surface area (Å²) in [6.45, 7) is 0.514. The van der Waals surface area contributed by atoms with Gasteiger partial charge in [-0.3, -0.25) is 9.59 Å². The van der Waals surface area contributed by atoms with Gasteiger partial charge in [0, 0.05) is 30.9 Å². The first kappa shape index (κ1) is 27.5. The Morgan fingerprint density at radius 2 is 1.71 bits per heavy atom. The molecule has 0 bridgehead atoms. The zero-order chi connectivity index (χ0) is 27.1. The van der Waals surface area contributed by atoms with Crippen LogP contribution in [-0.4, -0.2) is 53.1 Å². The summed E-state index contributed by atoms with van der Waals surface area (Å²) in [4.78, 5) is 45.9. The van der Waals surface area contributed by atoms with Crippen molar-refractivity contribution >= 4 is 29.4 Å². The fourth-order valence-electron chi connectivity index (χ4n) is 4.44. The number of aromatic nitrogens is 2. The summed E-state index contributed by atoms with van der Waals surface area (Å²) in [7, 11) is 0. The van der Waals surface area contributed by atoms with Crippen LogP contribution in [0.15, 0.2) is 36.7 Å². The number of esters is 2. The normalized spacial score (nSPS) is 16.1. The molecule has 1 heterocycles. The molecule has 2 N–H and O–H groups in total. The molecule has 4 rings (SSSR count). The van der Waals surface area contributed by atoms with Gasteiger partial charge in [0.05, 0.1) is 6.54 Å². The summed E-state index contributed by atoms with van der Waals surface area (Å²) in [5, 5.41) is 5.41. The fraction of sp³-hybridized carbons (Fsp3) is 0.500. The number of hydrogen-bond donors (Lipinski definition) is 2. The number of halogens is 3. The first-order chi connectivity index (χ1) is 18.2. The van der Waals surface area contributed by atoms with Crippen molar-refractivity contribution in [1.82, 2.24) is 15.3 Å². The second kappa shape index (κ2) is 12.3. The van der Waals surface area contributed by atoms with E-state index >= 15 is 0 Å². The molecule has 38 heavy (non-hydrogen) atoms. The van der Waals surface area contributed by atoms with Crippen LogP contribution in [0.25, 0.3) is 0 Å². The summed E-state index contributed by atoms with van der Waals surface area (Å²) in [5.41, 5.74) is 1.49. The van der Waals surface area contributed by atoms with Crippen molar-refractivity contribution < 1.29 is 32.3 Å². The van der Waals surface area contributed by atoms with Crippen molar-refractivity contribution in [1.29, 1.82) is 0 Å². The first-order valence-corrected chi connectivity index (χ1v) is 12.7. The number of benzene rings is 1. The zero-order valence-corrected chi connectivity index (χ0v) is 20.8. The van der Waals surface area contributed by atoms with E-state index in [4.69, 9.17) is 0 Å². The monoisotopic (exact) mass is 533 g/mol. The molecule has 1 aromatic carbocycles. The van der Waals surface area contributed by atoms with Gasteiger partial charge in [0.2, 0.25) is 0 Å². The molecule has 0 radical (unpaired) electrons. The number of nitrogens with zero attached hydrogens (tertiary/aromatic N) is 3. The number of alkyl halides is 3. The highest BCUT2D eigenvalue weighted by Gasteiger charge is 2.42. The number of carbonyl (C=O) groups excluding carboxylic acids is 3. The summed E-state index contributed by atoms with van der Waals surface area (Å²) in [5.74, 6) is -2.79. The number of anilines is 2. The van der Waals surface area contributed by atoms with Crippen LogP contribution in [0.3, 0.4) is 0 Å². The Morgan fingerprint density at radius 1 is 1.00 bits per heavy atom. The van der Waals surface area contributed by atoms with Crippen LogP contribution in [0.4, 0.5) is 24.7 Å². The number of hydrogen-bond acceptors (Lipinski definition) is 8. The van der Waals surface area contributed by atoms with Crippen molar-refractivity contribution in [3.63, 3.8) is 0 Å². The summed E-state index contributed by atoms with van der Waals surface area (Å²) in [6.07, 6.45) is 4.59. The Bertz CT molecular complexity index is 1130. The quantitative estimate of drug-likeness (QED) is 0.348. The lowest BCUT2D eigenvalue weighted by molar-refractivity contribution is -0.201. The predicted molar refractivity (Wildman–Crippen MR) is 132 cm³/mol. The van der Waals surface area contributed by atoms with E-state index in [1.807, 2.05) is 0 Å². The van der Waals surface area contributed by atoms with Crippen molar-refractivity contribution in [3.05, 3.63) is 47.9 Å². The van der Waals surface area contributed by atoms with Crippen molar-refractivity contribution in [3.8, 4) is 0 Å². The minimum absolute atomic E-state index is 0.136. The highest BCUT2D eigenvalue weighted by Crippen LogP contribution is 2.34. The molecule has 2 saturated carbocycles. The van der Waals surface area contributed by atoms with Crippen LogP contribution >= 0.6 is 0 Å². The van der Waals surface area contributed by atoms with Gasteiger partial charge in [-0.15, -0.1) is 0 Å². The van der Waals surface area contributed by atoms with Gasteiger partial charge in [0.1, 0.15) is 17.8 Å².